The van der Waals surface area contributed by atoms with Crippen molar-refractivity contribution >= 4 is 23.2 Å². The molecule has 36 heavy (non-hydrogen) atoms. The summed E-state index contributed by atoms with van der Waals surface area (Å²) in [6, 6.07) is 25.8. The Morgan fingerprint density at radius 3 is 2.17 bits per heavy atom. The fraction of sp³-hybridized carbons (Fsp3) is 0.355. The molecule has 0 atom stereocenters. The number of hydrogen-bond donors (Lipinski definition) is 1. The maximum Gasteiger partial charge on any atom is 0.236 e. The highest BCUT2D eigenvalue weighted by Crippen LogP contribution is 2.39. The van der Waals surface area contributed by atoms with Crippen molar-refractivity contribution in [1.29, 1.82) is 0 Å². The number of carbonyl (C=O) groups excluding carboxylic acids is 2. The molecular formula is C31H36N2O3. The lowest BCUT2D eigenvalue weighted by molar-refractivity contribution is -0.127. The highest BCUT2D eigenvalue weighted by atomic mass is 16.5. The average molecular weight is 485 g/mol. The molecule has 4 rings (SSSR count). The molecule has 0 bridgehead atoms. The standard InChI is InChI=1S/C31H36N2O3/c1-22(2)17-18-33-27-16-15-25(19-28(27)36-21-31(3,4)30(33)35)32-29(34)20-26(23-11-7-5-8-12-23)24-13-9-6-10-14-24/h5-16,19,22,26H,17-18,20-21H2,1-4H3,(H,32,34). The summed E-state index contributed by atoms with van der Waals surface area (Å²) in [7, 11) is 0. The Bertz CT molecular complexity index is 1150. The van der Waals surface area contributed by atoms with E-state index in [4.69, 9.17) is 4.74 Å². The molecule has 3 aromatic rings. The Labute approximate surface area is 214 Å². The monoisotopic (exact) mass is 484 g/mol. The molecule has 0 spiro atoms. The third-order valence-corrected chi connectivity index (χ3v) is 6.67. The zero-order valence-electron chi connectivity index (χ0n) is 21.7. The van der Waals surface area contributed by atoms with Crippen LogP contribution in [-0.2, 0) is 9.59 Å². The van der Waals surface area contributed by atoms with E-state index in [-0.39, 0.29) is 17.7 Å². The second kappa shape index (κ2) is 11.0. The van der Waals surface area contributed by atoms with Gasteiger partial charge in [-0.15, -0.1) is 0 Å². The van der Waals surface area contributed by atoms with Gasteiger partial charge in [0, 0.05) is 30.6 Å². The van der Waals surface area contributed by atoms with Gasteiger partial charge in [0.25, 0.3) is 0 Å². The molecule has 0 saturated heterocycles. The molecule has 1 N–H and O–H groups in total. The molecule has 1 aliphatic heterocycles. The largest absolute Gasteiger partial charge is 0.490 e. The normalized spacial score (nSPS) is 14.8. The molecule has 188 valence electrons. The predicted octanol–water partition coefficient (Wildman–Crippen LogP) is 6.65. The minimum Gasteiger partial charge on any atom is -0.490 e. The van der Waals surface area contributed by atoms with Crippen molar-refractivity contribution < 1.29 is 14.3 Å². The van der Waals surface area contributed by atoms with Crippen molar-refractivity contribution in [3.8, 4) is 5.75 Å². The minimum atomic E-state index is -0.627. The van der Waals surface area contributed by atoms with Crippen LogP contribution in [0.1, 0.15) is 57.6 Å². The molecule has 0 aromatic heterocycles. The van der Waals surface area contributed by atoms with Gasteiger partial charge in [-0.25, -0.2) is 0 Å². The highest BCUT2D eigenvalue weighted by Gasteiger charge is 2.37. The van der Waals surface area contributed by atoms with Gasteiger partial charge < -0.3 is 15.0 Å². The molecule has 2 amide bonds. The lowest BCUT2D eigenvalue weighted by Gasteiger charge is -2.28. The Hall–Kier alpha value is -3.60. The average Bonchev–Trinajstić information content (AvgIpc) is 2.96. The zero-order valence-corrected chi connectivity index (χ0v) is 21.7. The van der Waals surface area contributed by atoms with Gasteiger partial charge in [0.15, 0.2) is 0 Å². The Balaban J connectivity index is 1.55. The van der Waals surface area contributed by atoms with E-state index in [1.807, 2.05) is 73.3 Å². The molecule has 5 heteroatoms. The number of anilines is 2. The molecule has 0 saturated carbocycles. The Morgan fingerprint density at radius 2 is 1.58 bits per heavy atom. The quantitative estimate of drug-likeness (QED) is 0.390. The van der Waals surface area contributed by atoms with E-state index in [2.05, 4.69) is 43.4 Å². The van der Waals surface area contributed by atoms with Crippen molar-refractivity contribution in [3.05, 3.63) is 90.0 Å². The van der Waals surface area contributed by atoms with Crippen LogP contribution in [-0.4, -0.2) is 25.0 Å². The first-order chi connectivity index (χ1) is 17.2. The van der Waals surface area contributed by atoms with E-state index in [0.717, 1.165) is 23.2 Å². The van der Waals surface area contributed by atoms with Gasteiger partial charge in [0.2, 0.25) is 11.8 Å². The molecule has 3 aromatic carbocycles. The summed E-state index contributed by atoms with van der Waals surface area (Å²) < 4.78 is 6.10. The molecule has 1 aliphatic rings. The van der Waals surface area contributed by atoms with Crippen molar-refractivity contribution in [2.24, 2.45) is 11.3 Å². The van der Waals surface area contributed by atoms with Crippen LogP contribution in [0.3, 0.4) is 0 Å². The number of benzene rings is 3. The number of fused-ring (bicyclic) bond motifs is 1. The molecule has 1 heterocycles. The van der Waals surface area contributed by atoms with Crippen LogP contribution in [0.25, 0.3) is 0 Å². The first-order valence-corrected chi connectivity index (χ1v) is 12.7. The number of nitrogens with zero attached hydrogens (tertiary/aromatic N) is 1. The number of ether oxygens (including phenoxy) is 1. The third kappa shape index (κ3) is 5.96. The summed E-state index contributed by atoms with van der Waals surface area (Å²) in [4.78, 5) is 28.3. The van der Waals surface area contributed by atoms with Crippen molar-refractivity contribution in [1.82, 2.24) is 0 Å². The van der Waals surface area contributed by atoms with Crippen molar-refractivity contribution in [3.63, 3.8) is 0 Å². The van der Waals surface area contributed by atoms with Crippen molar-refractivity contribution in [2.45, 2.75) is 46.5 Å². The van der Waals surface area contributed by atoms with Gasteiger partial charge in [-0.05, 0) is 49.4 Å². The van der Waals surface area contributed by atoms with Gasteiger partial charge in [0.1, 0.15) is 12.4 Å². The molecule has 0 aliphatic carbocycles. The van der Waals surface area contributed by atoms with Crippen LogP contribution in [0.4, 0.5) is 11.4 Å². The van der Waals surface area contributed by atoms with Gasteiger partial charge in [-0.2, -0.15) is 0 Å². The summed E-state index contributed by atoms with van der Waals surface area (Å²) in [6.45, 7) is 9.07. The smallest absolute Gasteiger partial charge is 0.236 e. The Kier molecular flexibility index (Phi) is 7.78. The maximum absolute atomic E-state index is 13.3. The van der Waals surface area contributed by atoms with Crippen LogP contribution in [0, 0.1) is 11.3 Å². The van der Waals surface area contributed by atoms with Crippen LogP contribution in [0.2, 0.25) is 0 Å². The van der Waals surface area contributed by atoms with E-state index in [0.29, 0.717) is 36.9 Å². The fourth-order valence-corrected chi connectivity index (χ4v) is 4.53. The fourth-order valence-electron chi connectivity index (χ4n) is 4.53. The van der Waals surface area contributed by atoms with Crippen LogP contribution >= 0.6 is 0 Å². The summed E-state index contributed by atoms with van der Waals surface area (Å²) in [6.07, 6.45) is 1.22. The minimum absolute atomic E-state index is 0.0468. The molecular weight excluding hydrogens is 448 g/mol. The molecule has 0 unspecified atom stereocenters. The summed E-state index contributed by atoms with van der Waals surface area (Å²) in [5.41, 5.74) is 3.00. The summed E-state index contributed by atoms with van der Waals surface area (Å²) in [5.74, 6) is 1.04. The highest BCUT2D eigenvalue weighted by molar-refractivity contribution is 6.00. The molecule has 0 fully saturated rings. The first-order valence-electron chi connectivity index (χ1n) is 12.7. The van der Waals surface area contributed by atoms with Gasteiger partial charge in [0.05, 0.1) is 11.1 Å². The topological polar surface area (TPSA) is 58.6 Å². The van der Waals surface area contributed by atoms with Crippen LogP contribution in [0.15, 0.2) is 78.9 Å². The first kappa shape index (κ1) is 25.5. The van der Waals surface area contributed by atoms with E-state index in [9.17, 15) is 9.59 Å². The number of hydrogen-bond acceptors (Lipinski definition) is 3. The number of rotatable bonds is 8. The number of carbonyl (C=O) groups is 2. The maximum atomic E-state index is 13.3. The third-order valence-electron chi connectivity index (χ3n) is 6.67. The van der Waals surface area contributed by atoms with Crippen LogP contribution in [0.5, 0.6) is 5.75 Å². The Morgan fingerprint density at radius 1 is 0.972 bits per heavy atom. The number of amides is 2. The zero-order chi connectivity index (χ0) is 25.7. The van der Waals surface area contributed by atoms with Crippen LogP contribution < -0.4 is 15.0 Å². The molecule has 5 nitrogen and oxygen atoms in total. The summed E-state index contributed by atoms with van der Waals surface area (Å²) >= 11 is 0. The summed E-state index contributed by atoms with van der Waals surface area (Å²) in [5, 5.41) is 3.06. The van der Waals surface area contributed by atoms with E-state index >= 15 is 0 Å². The lowest BCUT2D eigenvalue weighted by Crippen LogP contribution is -2.42. The van der Waals surface area contributed by atoms with Gasteiger partial charge in [-0.1, -0.05) is 74.5 Å². The second-order valence-electron chi connectivity index (χ2n) is 10.6. The number of nitrogens with one attached hydrogen (secondary N) is 1. The SMILES string of the molecule is CC(C)CCN1C(=O)C(C)(C)COc2cc(NC(=O)CC(c3ccccc3)c3ccccc3)ccc21. The molecule has 0 radical (unpaired) electrons. The van der Waals surface area contributed by atoms with Gasteiger partial charge >= 0.3 is 0 Å². The van der Waals surface area contributed by atoms with E-state index < -0.39 is 5.41 Å². The van der Waals surface area contributed by atoms with Crippen molar-refractivity contribution in [2.75, 3.05) is 23.4 Å². The predicted molar refractivity (Wildman–Crippen MR) is 145 cm³/mol. The lowest BCUT2D eigenvalue weighted by atomic mass is 9.88. The van der Waals surface area contributed by atoms with E-state index in [1.165, 1.54) is 0 Å². The second-order valence-corrected chi connectivity index (χ2v) is 10.6. The van der Waals surface area contributed by atoms with Gasteiger partial charge in [-0.3, -0.25) is 9.59 Å². The van der Waals surface area contributed by atoms with E-state index in [1.54, 1.807) is 0 Å².